The normalized spacial score (nSPS) is 10.1. The van der Waals surface area contributed by atoms with E-state index in [4.69, 9.17) is 5.11 Å². The minimum absolute atomic E-state index is 0.102. The monoisotopic (exact) mass is 274 g/mol. The van der Waals surface area contributed by atoms with E-state index in [1.54, 1.807) is 12.1 Å². The molecule has 2 aromatic carbocycles. The van der Waals surface area contributed by atoms with Crippen molar-refractivity contribution in [3.8, 4) is 11.1 Å². The number of hydrogen-bond acceptors (Lipinski definition) is 3. The number of ether oxygens (including phenoxy) is 1. The van der Waals surface area contributed by atoms with Crippen molar-refractivity contribution in [1.29, 1.82) is 0 Å². The van der Waals surface area contributed by atoms with Crippen molar-refractivity contribution < 1.29 is 23.8 Å². The average molecular weight is 274 g/mol. The second kappa shape index (κ2) is 5.52. The van der Waals surface area contributed by atoms with Crippen LogP contribution in [0.3, 0.4) is 0 Å². The quantitative estimate of drug-likeness (QED) is 0.874. The standard InChI is InChI=1S/C15H11FO4/c1-20-15(19)12-6-11(7-13(16)8-12)9-2-4-10(5-3-9)14(17)18/h2-8H,1H3,(H,17,18). The molecule has 0 saturated heterocycles. The van der Waals surface area contributed by atoms with Crippen molar-refractivity contribution in [2.45, 2.75) is 0 Å². The Morgan fingerprint density at radius 2 is 1.65 bits per heavy atom. The highest BCUT2D eigenvalue weighted by molar-refractivity contribution is 5.91. The molecule has 1 N–H and O–H groups in total. The molecule has 2 rings (SSSR count). The first-order valence-corrected chi connectivity index (χ1v) is 5.74. The lowest BCUT2D eigenvalue weighted by Crippen LogP contribution is -2.02. The third kappa shape index (κ3) is 2.83. The topological polar surface area (TPSA) is 63.6 Å². The van der Waals surface area contributed by atoms with Crippen molar-refractivity contribution in [3.63, 3.8) is 0 Å². The van der Waals surface area contributed by atoms with Crippen LogP contribution in [0.25, 0.3) is 11.1 Å². The second-order valence-corrected chi connectivity index (χ2v) is 4.10. The predicted molar refractivity (Wildman–Crippen MR) is 70.1 cm³/mol. The van der Waals surface area contributed by atoms with Gasteiger partial charge in [-0.1, -0.05) is 12.1 Å². The van der Waals surface area contributed by atoms with Gasteiger partial charge in [0.1, 0.15) is 5.82 Å². The molecule has 0 spiro atoms. The van der Waals surface area contributed by atoms with Crippen molar-refractivity contribution in [1.82, 2.24) is 0 Å². The molecule has 5 heteroatoms. The van der Waals surface area contributed by atoms with E-state index in [9.17, 15) is 14.0 Å². The van der Waals surface area contributed by atoms with Gasteiger partial charge in [-0.25, -0.2) is 14.0 Å². The lowest BCUT2D eigenvalue weighted by atomic mass is 10.0. The SMILES string of the molecule is COC(=O)c1cc(F)cc(-c2ccc(C(=O)O)cc2)c1. The Morgan fingerprint density at radius 1 is 1.00 bits per heavy atom. The maximum Gasteiger partial charge on any atom is 0.337 e. The first-order valence-electron chi connectivity index (χ1n) is 5.74. The van der Waals surface area contributed by atoms with Gasteiger partial charge in [0.25, 0.3) is 0 Å². The highest BCUT2D eigenvalue weighted by Gasteiger charge is 2.10. The van der Waals surface area contributed by atoms with E-state index in [1.165, 1.54) is 31.4 Å². The fourth-order valence-electron chi connectivity index (χ4n) is 1.80. The van der Waals surface area contributed by atoms with Crippen LogP contribution in [0.1, 0.15) is 20.7 Å². The number of halogens is 1. The molecule has 20 heavy (non-hydrogen) atoms. The molecule has 0 radical (unpaired) electrons. The van der Waals surface area contributed by atoms with Crippen LogP contribution in [0, 0.1) is 5.82 Å². The molecule has 0 aromatic heterocycles. The summed E-state index contributed by atoms with van der Waals surface area (Å²) in [7, 11) is 1.22. The summed E-state index contributed by atoms with van der Waals surface area (Å²) >= 11 is 0. The van der Waals surface area contributed by atoms with Gasteiger partial charge >= 0.3 is 11.9 Å². The molecule has 0 unspecified atom stereocenters. The molecule has 0 aliphatic carbocycles. The first-order chi connectivity index (χ1) is 9.51. The van der Waals surface area contributed by atoms with Gasteiger partial charge in [0, 0.05) is 0 Å². The summed E-state index contributed by atoms with van der Waals surface area (Å²) in [6.45, 7) is 0. The van der Waals surface area contributed by atoms with Gasteiger partial charge in [0.15, 0.2) is 0 Å². The summed E-state index contributed by atoms with van der Waals surface area (Å²) in [4.78, 5) is 22.2. The van der Waals surface area contributed by atoms with E-state index in [0.717, 1.165) is 6.07 Å². The molecule has 0 atom stereocenters. The van der Waals surface area contributed by atoms with Crippen LogP contribution in [-0.2, 0) is 4.74 Å². The molecular formula is C15H11FO4. The molecule has 0 aliphatic heterocycles. The zero-order chi connectivity index (χ0) is 14.7. The van der Waals surface area contributed by atoms with E-state index in [2.05, 4.69) is 4.74 Å². The van der Waals surface area contributed by atoms with Gasteiger partial charge < -0.3 is 9.84 Å². The van der Waals surface area contributed by atoms with E-state index in [-0.39, 0.29) is 11.1 Å². The molecule has 0 aliphatic rings. The molecule has 0 saturated carbocycles. The summed E-state index contributed by atoms with van der Waals surface area (Å²) in [5.41, 5.74) is 1.32. The van der Waals surface area contributed by atoms with E-state index in [0.29, 0.717) is 11.1 Å². The zero-order valence-corrected chi connectivity index (χ0v) is 10.6. The van der Waals surface area contributed by atoms with Crippen LogP contribution in [0.15, 0.2) is 42.5 Å². The van der Waals surface area contributed by atoms with Crippen molar-refractivity contribution in [2.75, 3.05) is 7.11 Å². The second-order valence-electron chi connectivity index (χ2n) is 4.10. The van der Waals surface area contributed by atoms with Crippen LogP contribution in [-0.4, -0.2) is 24.2 Å². The summed E-state index contributed by atoms with van der Waals surface area (Å²) in [5.74, 6) is -2.23. The smallest absolute Gasteiger partial charge is 0.337 e. The highest BCUT2D eigenvalue weighted by Crippen LogP contribution is 2.23. The molecule has 0 bridgehead atoms. The van der Waals surface area contributed by atoms with E-state index < -0.39 is 17.8 Å². The Hall–Kier alpha value is -2.69. The lowest BCUT2D eigenvalue weighted by Gasteiger charge is -2.06. The minimum Gasteiger partial charge on any atom is -0.478 e. The number of aromatic carboxylic acids is 1. The molecular weight excluding hydrogens is 263 g/mol. The van der Waals surface area contributed by atoms with E-state index in [1.807, 2.05) is 0 Å². The Kier molecular flexibility index (Phi) is 3.79. The first kappa shape index (κ1) is 13.7. The largest absolute Gasteiger partial charge is 0.478 e. The minimum atomic E-state index is -1.04. The van der Waals surface area contributed by atoms with Gasteiger partial charge in [-0.2, -0.15) is 0 Å². The number of carbonyl (C=O) groups is 2. The summed E-state index contributed by atoms with van der Waals surface area (Å²) in [6.07, 6.45) is 0. The highest BCUT2D eigenvalue weighted by atomic mass is 19.1. The summed E-state index contributed by atoms with van der Waals surface area (Å²) < 4.78 is 18.1. The third-order valence-corrected chi connectivity index (χ3v) is 2.78. The molecule has 4 nitrogen and oxygen atoms in total. The van der Waals surface area contributed by atoms with Crippen LogP contribution < -0.4 is 0 Å². The van der Waals surface area contributed by atoms with Crippen LogP contribution in [0.5, 0.6) is 0 Å². The Balaban J connectivity index is 2.44. The fourth-order valence-corrected chi connectivity index (χ4v) is 1.80. The van der Waals surface area contributed by atoms with Crippen molar-refractivity contribution in [2.24, 2.45) is 0 Å². The van der Waals surface area contributed by atoms with Gasteiger partial charge in [-0.3, -0.25) is 0 Å². The maximum absolute atomic E-state index is 13.5. The van der Waals surface area contributed by atoms with Gasteiger partial charge in [-0.05, 0) is 41.5 Å². The molecule has 0 amide bonds. The zero-order valence-electron chi connectivity index (χ0n) is 10.6. The molecule has 0 heterocycles. The molecule has 102 valence electrons. The van der Waals surface area contributed by atoms with E-state index >= 15 is 0 Å². The summed E-state index contributed by atoms with van der Waals surface area (Å²) in [5, 5.41) is 8.82. The number of methoxy groups -OCH3 is 1. The Labute approximate surface area is 114 Å². The van der Waals surface area contributed by atoms with Gasteiger partial charge in [0.05, 0.1) is 18.2 Å². The van der Waals surface area contributed by atoms with Crippen LogP contribution in [0.2, 0.25) is 0 Å². The van der Waals surface area contributed by atoms with Gasteiger partial charge in [0.2, 0.25) is 0 Å². The van der Waals surface area contributed by atoms with Crippen molar-refractivity contribution in [3.05, 3.63) is 59.4 Å². The number of hydrogen-bond donors (Lipinski definition) is 1. The number of benzene rings is 2. The third-order valence-electron chi connectivity index (χ3n) is 2.78. The number of carboxylic acids is 1. The average Bonchev–Trinajstić information content (AvgIpc) is 2.45. The fraction of sp³-hybridized carbons (Fsp3) is 0.0667. The Bertz CT molecular complexity index is 662. The van der Waals surface area contributed by atoms with Crippen LogP contribution >= 0.6 is 0 Å². The van der Waals surface area contributed by atoms with Gasteiger partial charge in [-0.15, -0.1) is 0 Å². The van der Waals surface area contributed by atoms with Crippen molar-refractivity contribution >= 4 is 11.9 Å². The number of carboxylic acid groups (broad SMARTS) is 1. The number of rotatable bonds is 3. The number of esters is 1. The molecule has 2 aromatic rings. The predicted octanol–water partition coefficient (Wildman–Crippen LogP) is 2.98. The molecule has 0 fully saturated rings. The maximum atomic E-state index is 13.5. The Morgan fingerprint density at radius 3 is 2.20 bits per heavy atom. The summed E-state index contributed by atoms with van der Waals surface area (Å²) in [6, 6.07) is 9.78. The van der Waals surface area contributed by atoms with Crippen LogP contribution in [0.4, 0.5) is 4.39 Å². The number of carbonyl (C=O) groups excluding carboxylic acids is 1. The lowest BCUT2D eigenvalue weighted by molar-refractivity contribution is 0.0599.